The first-order valence-electron chi connectivity index (χ1n) is 9.22. The van der Waals surface area contributed by atoms with Gasteiger partial charge in [0.1, 0.15) is 5.82 Å². The van der Waals surface area contributed by atoms with E-state index in [0.717, 1.165) is 35.7 Å². The van der Waals surface area contributed by atoms with E-state index in [1.807, 2.05) is 11.1 Å². The summed E-state index contributed by atoms with van der Waals surface area (Å²) in [5, 5.41) is 4.09. The van der Waals surface area contributed by atoms with E-state index >= 15 is 0 Å². The molecule has 2 aliphatic rings. The number of nitrogens with zero attached hydrogens (tertiary/aromatic N) is 1. The molecule has 0 radical (unpaired) electrons. The zero-order valence-electron chi connectivity index (χ0n) is 14.4. The third-order valence-corrected chi connectivity index (χ3v) is 5.42. The Labute approximate surface area is 147 Å². The van der Waals surface area contributed by atoms with E-state index in [1.54, 1.807) is 12.1 Å². The Morgan fingerprint density at radius 2 is 2.08 bits per heavy atom. The third kappa shape index (κ3) is 3.41. The van der Waals surface area contributed by atoms with Crippen LogP contribution in [-0.4, -0.2) is 35.0 Å². The van der Waals surface area contributed by atoms with Crippen LogP contribution >= 0.6 is 0 Å². The number of aromatic amines is 1. The topological polar surface area (TPSA) is 48.1 Å². The highest BCUT2D eigenvalue weighted by molar-refractivity contribution is 5.93. The van der Waals surface area contributed by atoms with Crippen LogP contribution in [0, 0.1) is 5.82 Å². The Kier molecular flexibility index (Phi) is 4.47. The Bertz CT molecular complexity index is 804. The van der Waals surface area contributed by atoms with Crippen molar-refractivity contribution in [1.82, 2.24) is 15.2 Å². The maximum Gasteiger partial charge on any atom is 0.317 e. The van der Waals surface area contributed by atoms with E-state index in [9.17, 15) is 9.18 Å². The molecule has 0 saturated heterocycles. The predicted octanol–water partition coefficient (Wildman–Crippen LogP) is 4.44. The number of aromatic nitrogens is 1. The number of carbonyl (C=O) groups is 1. The molecule has 2 amide bonds. The molecule has 1 fully saturated rings. The van der Waals surface area contributed by atoms with Gasteiger partial charge in [0.25, 0.3) is 0 Å². The van der Waals surface area contributed by atoms with Crippen molar-refractivity contribution >= 4 is 22.5 Å². The number of hydrogen-bond acceptors (Lipinski definition) is 1. The zero-order chi connectivity index (χ0) is 17.2. The summed E-state index contributed by atoms with van der Waals surface area (Å²) in [6.07, 6.45) is 10.7. The predicted molar refractivity (Wildman–Crippen MR) is 97.8 cm³/mol. The minimum atomic E-state index is -0.224. The first kappa shape index (κ1) is 16.2. The van der Waals surface area contributed by atoms with Crippen LogP contribution in [0.15, 0.2) is 30.5 Å². The van der Waals surface area contributed by atoms with Gasteiger partial charge in [-0.3, -0.25) is 0 Å². The smallest absolute Gasteiger partial charge is 0.317 e. The van der Waals surface area contributed by atoms with Crippen molar-refractivity contribution in [2.24, 2.45) is 0 Å². The average molecular weight is 341 g/mol. The summed E-state index contributed by atoms with van der Waals surface area (Å²) in [4.78, 5) is 17.5. The van der Waals surface area contributed by atoms with E-state index in [2.05, 4.69) is 16.4 Å². The molecule has 1 saturated carbocycles. The van der Waals surface area contributed by atoms with Crippen LogP contribution in [0.4, 0.5) is 9.18 Å². The number of H-pyrrole nitrogens is 1. The van der Waals surface area contributed by atoms with Gasteiger partial charge in [0, 0.05) is 41.8 Å². The fourth-order valence-corrected chi connectivity index (χ4v) is 3.97. The van der Waals surface area contributed by atoms with Crippen LogP contribution < -0.4 is 5.32 Å². The molecular formula is C20H24FN3O. The highest BCUT2D eigenvalue weighted by Gasteiger charge is 2.22. The minimum absolute atomic E-state index is 0.0483. The van der Waals surface area contributed by atoms with Gasteiger partial charge in [-0.05, 0) is 43.0 Å². The van der Waals surface area contributed by atoms with E-state index in [4.69, 9.17) is 0 Å². The highest BCUT2D eigenvalue weighted by Crippen LogP contribution is 2.29. The van der Waals surface area contributed by atoms with E-state index < -0.39 is 0 Å². The normalized spacial score (nSPS) is 19.1. The van der Waals surface area contributed by atoms with Crippen molar-refractivity contribution in [3.8, 4) is 0 Å². The number of fused-ring (bicyclic) bond motifs is 1. The molecule has 1 aliphatic carbocycles. The lowest BCUT2D eigenvalue weighted by molar-refractivity contribution is 0.195. The van der Waals surface area contributed by atoms with Crippen LogP contribution in [0.2, 0.25) is 0 Å². The summed E-state index contributed by atoms with van der Waals surface area (Å²) < 4.78 is 13.6. The van der Waals surface area contributed by atoms with Crippen molar-refractivity contribution in [2.45, 2.75) is 44.6 Å². The number of benzene rings is 1. The maximum atomic E-state index is 13.6. The summed E-state index contributed by atoms with van der Waals surface area (Å²) in [5.41, 5.74) is 3.16. The van der Waals surface area contributed by atoms with Gasteiger partial charge >= 0.3 is 6.03 Å². The van der Waals surface area contributed by atoms with Gasteiger partial charge in [-0.2, -0.15) is 0 Å². The van der Waals surface area contributed by atoms with E-state index in [1.165, 1.54) is 30.9 Å². The van der Waals surface area contributed by atoms with Gasteiger partial charge < -0.3 is 15.2 Å². The summed E-state index contributed by atoms with van der Waals surface area (Å²) in [6, 6.07) is 5.19. The summed E-state index contributed by atoms with van der Waals surface area (Å²) in [5.74, 6) is -0.224. The number of carbonyl (C=O) groups excluding carboxylic acids is 1. The molecule has 4 rings (SSSR count). The molecule has 2 aromatic rings. The Morgan fingerprint density at radius 3 is 2.84 bits per heavy atom. The Morgan fingerprint density at radius 1 is 1.24 bits per heavy atom. The summed E-state index contributed by atoms with van der Waals surface area (Å²) in [6.45, 7) is 1.31. The molecule has 1 aromatic carbocycles. The van der Waals surface area contributed by atoms with Crippen molar-refractivity contribution in [2.75, 3.05) is 13.1 Å². The lowest BCUT2D eigenvalue weighted by Crippen LogP contribution is -2.46. The third-order valence-electron chi connectivity index (χ3n) is 5.42. The van der Waals surface area contributed by atoms with E-state index in [-0.39, 0.29) is 11.8 Å². The van der Waals surface area contributed by atoms with Gasteiger partial charge in [0.2, 0.25) is 0 Å². The number of rotatable bonds is 2. The minimum Gasteiger partial charge on any atom is -0.361 e. The Balaban J connectivity index is 1.44. The molecule has 0 atom stereocenters. The van der Waals surface area contributed by atoms with Gasteiger partial charge in [-0.25, -0.2) is 9.18 Å². The van der Waals surface area contributed by atoms with Gasteiger partial charge in [0.05, 0.1) is 0 Å². The average Bonchev–Trinajstić information content (AvgIpc) is 3.05. The maximum absolute atomic E-state index is 13.6. The molecule has 132 valence electrons. The van der Waals surface area contributed by atoms with Gasteiger partial charge in [-0.15, -0.1) is 0 Å². The number of urea groups is 1. The highest BCUT2D eigenvalue weighted by atomic mass is 19.1. The van der Waals surface area contributed by atoms with Crippen LogP contribution in [0.3, 0.4) is 0 Å². The summed E-state index contributed by atoms with van der Waals surface area (Å²) in [7, 11) is 0. The standard InChI is InChI=1S/C20H24FN3O/c21-15-6-7-19-17(12-15)18(13-22-19)14-8-10-24(11-9-14)20(25)23-16-4-2-1-3-5-16/h6-8,12-13,16,22H,1-5,9-11H2,(H,23,25). The van der Waals surface area contributed by atoms with Crippen molar-refractivity contribution in [3.63, 3.8) is 0 Å². The molecule has 4 nitrogen and oxygen atoms in total. The molecule has 25 heavy (non-hydrogen) atoms. The van der Waals surface area contributed by atoms with Crippen LogP contribution in [0.25, 0.3) is 16.5 Å². The SMILES string of the molecule is O=C(NC1CCCCC1)N1CC=C(c2c[nH]c3ccc(F)cc23)CC1. The lowest BCUT2D eigenvalue weighted by atomic mass is 9.95. The molecule has 2 heterocycles. The number of halogens is 1. The zero-order valence-corrected chi connectivity index (χ0v) is 14.4. The van der Waals surface area contributed by atoms with Crippen LogP contribution in [0.1, 0.15) is 44.1 Å². The van der Waals surface area contributed by atoms with Crippen molar-refractivity contribution < 1.29 is 9.18 Å². The Hall–Kier alpha value is -2.30. The van der Waals surface area contributed by atoms with Crippen LogP contribution in [0.5, 0.6) is 0 Å². The fraction of sp³-hybridized carbons (Fsp3) is 0.450. The number of amides is 2. The first-order valence-corrected chi connectivity index (χ1v) is 9.22. The largest absolute Gasteiger partial charge is 0.361 e. The summed E-state index contributed by atoms with van der Waals surface area (Å²) >= 11 is 0. The van der Waals surface area contributed by atoms with Crippen molar-refractivity contribution in [1.29, 1.82) is 0 Å². The molecule has 0 unspecified atom stereocenters. The second-order valence-corrected chi connectivity index (χ2v) is 7.10. The molecular weight excluding hydrogens is 317 g/mol. The lowest BCUT2D eigenvalue weighted by Gasteiger charge is -2.30. The van der Waals surface area contributed by atoms with Gasteiger partial charge in [0.15, 0.2) is 0 Å². The quantitative estimate of drug-likeness (QED) is 0.833. The van der Waals surface area contributed by atoms with E-state index in [0.29, 0.717) is 19.1 Å². The first-order chi connectivity index (χ1) is 12.2. The molecule has 5 heteroatoms. The molecule has 0 bridgehead atoms. The second-order valence-electron chi connectivity index (χ2n) is 7.10. The molecule has 0 spiro atoms. The fourth-order valence-electron chi connectivity index (χ4n) is 3.97. The van der Waals surface area contributed by atoms with Crippen molar-refractivity contribution in [3.05, 3.63) is 41.9 Å². The van der Waals surface area contributed by atoms with Gasteiger partial charge in [-0.1, -0.05) is 25.3 Å². The number of nitrogens with one attached hydrogen (secondary N) is 2. The molecule has 1 aromatic heterocycles. The number of hydrogen-bond donors (Lipinski definition) is 2. The molecule has 1 aliphatic heterocycles. The monoisotopic (exact) mass is 341 g/mol. The van der Waals surface area contributed by atoms with Crippen LogP contribution in [-0.2, 0) is 0 Å². The molecule has 2 N–H and O–H groups in total. The second kappa shape index (κ2) is 6.90.